The lowest BCUT2D eigenvalue weighted by atomic mass is 10.1. The van der Waals surface area contributed by atoms with E-state index in [0.717, 1.165) is 21.7 Å². The van der Waals surface area contributed by atoms with Crippen molar-refractivity contribution >= 4 is 52.6 Å². The van der Waals surface area contributed by atoms with Gasteiger partial charge in [-0.1, -0.05) is 52.5 Å². The minimum Gasteiger partial charge on any atom is -0.270 e. The van der Waals surface area contributed by atoms with Crippen LogP contribution in [0.25, 0.3) is 0 Å². The molecule has 0 aliphatic carbocycles. The van der Waals surface area contributed by atoms with Crippen molar-refractivity contribution in [1.82, 2.24) is 14.8 Å². The van der Waals surface area contributed by atoms with E-state index in [4.69, 9.17) is 28.3 Å². The monoisotopic (exact) mass is 469 g/mol. The molecule has 162 valence electrons. The molecule has 2 aromatic rings. The first-order valence-corrected chi connectivity index (χ1v) is 10.7. The van der Waals surface area contributed by atoms with Gasteiger partial charge in [0.15, 0.2) is 0 Å². The highest BCUT2D eigenvalue weighted by Gasteiger charge is 2.54. The van der Waals surface area contributed by atoms with Gasteiger partial charge in [0, 0.05) is 29.7 Å². The molecule has 0 spiro atoms. The predicted octanol–water partition coefficient (Wildman–Crippen LogP) is 2.89. The first kappa shape index (κ1) is 20.7. The van der Waals surface area contributed by atoms with E-state index in [9.17, 15) is 9.59 Å². The van der Waals surface area contributed by atoms with Crippen LogP contribution in [0.3, 0.4) is 0 Å². The maximum Gasteiger partial charge on any atom is 0.417 e. The number of guanidine groups is 1. The van der Waals surface area contributed by atoms with Crippen molar-refractivity contribution in [2.24, 2.45) is 10.1 Å². The largest absolute Gasteiger partial charge is 0.417 e. The summed E-state index contributed by atoms with van der Waals surface area (Å²) in [4.78, 5) is 32.7. The molecule has 0 saturated carbocycles. The number of carbonyl (C=O) groups is 2. The highest BCUT2D eigenvalue weighted by atomic mass is 35.5. The second kappa shape index (κ2) is 7.72. The van der Waals surface area contributed by atoms with Gasteiger partial charge in [0.05, 0.1) is 0 Å². The summed E-state index contributed by atoms with van der Waals surface area (Å²) in [6.45, 7) is 0.761. The van der Waals surface area contributed by atoms with Gasteiger partial charge in [-0.15, -0.1) is 10.1 Å². The van der Waals surface area contributed by atoms with Crippen LogP contribution in [0.2, 0.25) is 10.0 Å². The summed E-state index contributed by atoms with van der Waals surface area (Å²) in [5.41, 5.74) is 2.59. The Hall–Kier alpha value is -3.23. The van der Waals surface area contributed by atoms with Crippen LogP contribution in [0.1, 0.15) is 11.1 Å². The van der Waals surface area contributed by atoms with Crippen LogP contribution in [0, 0.1) is 0 Å². The fourth-order valence-electron chi connectivity index (χ4n) is 4.04. The number of halogens is 2. The lowest BCUT2D eigenvalue weighted by Crippen LogP contribution is -2.62. The van der Waals surface area contributed by atoms with Crippen LogP contribution in [0.5, 0.6) is 0 Å². The van der Waals surface area contributed by atoms with Crippen molar-refractivity contribution in [3.8, 4) is 0 Å². The molecule has 32 heavy (non-hydrogen) atoms. The lowest BCUT2D eigenvalue weighted by Gasteiger charge is -2.32. The van der Waals surface area contributed by atoms with E-state index in [0.29, 0.717) is 34.9 Å². The van der Waals surface area contributed by atoms with E-state index in [-0.39, 0.29) is 5.91 Å². The molecule has 10 heteroatoms. The standard InChI is InChI=1S/C22H19Cl2N6O2/c1-27-19-18(20(31)28(2)22(27)32)29-12-17(14-6-8-15(23)9-7-14)26-30(21(29)25-19)11-13-4-3-5-16(24)10-13/h3-10,18H,11-12H2,1-2H3/q+1. The van der Waals surface area contributed by atoms with Gasteiger partial charge in [-0.25, -0.2) is 9.37 Å². The smallest absolute Gasteiger partial charge is 0.270 e. The van der Waals surface area contributed by atoms with Crippen molar-refractivity contribution < 1.29 is 14.2 Å². The molecule has 0 aromatic heterocycles. The fourth-order valence-corrected chi connectivity index (χ4v) is 4.38. The third-order valence-corrected chi connectivity index (χ3v) is 6.19. The Morgan fingerprint density at radius 3 is 2.50 bits per heavy atom. The van der Waals surface area contributed by atoms with Crippen LogP contribution < -0.4 is 0 Å². The zero-order chi connectivity index (χ0) is 22.6. The summed E-state index contributed by atoms with van der Waals surface area (Å²) in [6.07, 6.45) is 0. The van der Waals surface area contributed by atoms with E-state index in [1.165, 1.54) is 11.9 Å². The number of benzene rings is 2. The zero-order valence-electron chi connectivity index (χ0n) is 17.4. The molecule has 1 atom stereocenters. The molecule has 1 fully saturated rings. The Morgan fingerprint density at radius 2 is 1.78 bits per heavy atom. The Morgan fingerprint density at radius 1 is 1.03 bits per heavy atom. The number of imide groups is 1. The molecule has 0 radical (unpaired) electrons. The molecule has 8 nitrogen and oxygen atoms in total. The van der Waals surface area contributed by atoms with E-state index in [1.54, 1.807) is 24.2 Å². The van der Waals surface area contributed by atoms with Gasteiger partial charge in [-0.2, -0.15) is 0 Å². The van der Waals surface area contributed by atoms with Gasteiger partial charge in [-0.05, 0) is 29.8 Å². The molecule has 3 amide bonds. The van der Waals surface area contributed by atoms with Gasteiger partial charge in [0.25, 0.3) is 5.91 Å². The van der Waals surface area contributed by atoms with Gasteiger partial charge in [-0.3, -0.25) is 14.6 Å². The van der Waals surface area contributed by atoms with Crippen molar-refractivity contribution in [1.29, 1.82) is 0 Å². The normalized spacial score (nSPS) is 20.4. The SMILES string of the molecule is CN1C(=O)C2C(=NC3=[N+]2CC(c2ccc(Cl)cc2)=NN3Cc2cccc(Cl)c2)N(C)C1=O. The average Bonchev–Trinajstić information content (AvgIpc) is 3.17. The molecule has 3 aliphatic rings. The number of hydrazone groups is 1. The summed E-state index contributed by atoms with van der Waals surface area (Å²) in [5.74, 6) is 0.602. The maximum atomic E-state index is 13.1. The van der Waals surface area contributed by atoms with Crippen molar-refractivity contribution in [2.45, 2.75) is 12.6 Å². The summed E-state index contributed by atoms with van der Waals surface area (Å²) in [5, 5.41) is 7.84. The predicted molar refractivity (Wildman–Crippen MR) is 122 cm³/mol. The molecule has 2 aromatic carbocycles. The van der Waals surface area contributed by atoms with Gasteiger partial charge in [0.1, 0.15) is 18.8 Å². The molecule has 1 unspecified atom stereocenters. The Kier molecular flexibility index (Phi) is 4.98. The summed E-state index contributed by atoms with van der Waals surface area (Å²) < 4.78 is 1.89. The minimum atomic E-state index is -0.697. The maximum absolute atomic E-state index is 13.1. The summed E-state index contributed by atoms with van der Waals surface area (Å²) >= 11 is 12.2. The minimum absolute atomic E-state index is 0.318. The van der Waals surface area contributed by atoms with Crippen LogP contribution in [0.15, 0.2) is 58.6 Å². The van der Waals surface area contributed by atoms with Crippen LogP contribution in [-0.2, 0) is 11.3 Å². The molecule has 3 aliphatic heterocycles. The van der Waals surface area contributed by atoms with Crippen molar-refractivity contribution in [3.63, 3.8) is 0 Å². The molecule has 0 N–H and O–H groups in total. The third kappa shape index (κ3) is 3.36. The lowest BCUT2D eigenvalue weighted by molar-refractivity contribution is -0.527. The Labute approximate surface area is 194 Å². The van der Waals surface area contributed by atoms with Crippen LogP contribution in [0.4, 0.5) is 4.79 Å². The van der Waals surface area contributed by atoms with E-state index >= 15 is 0 Å². The highest BCUT2D eigenvalue weighted by Crippen LogP contribution is 2.25. The number of urea groups is 1. The van der Waals surface area contributed by atoms with Crippen LogP contribution in [-0.4, -0.2) is 75.5 Å². The number of amides is 3. The first-order valence-electron chi connectivity index (χ1n) is 9.96. The number of hydrogen-bond acceptors (Lipinski definition) is 5. The van der Waals surface area contributed by atoms with E-state index in [2.05, 4.69) is 4.99 Å². The number of nitrogens with zero attached hydrogens (tertiary/aromatic N) is 6. The molecule has 5 rings (SSSR count). The topological polar surface area (TPSA) is 71.6 Å². The number of amidine groups is 1. The summed E-state index contributed by atoms with van der Waals surface area (Å²) in [6, 6.07) is 13.8. The quantitative estimate of drug-likeness (QED) is 0.648. The summed E-state index contributed by atoms with van der Waals surface area (Å²) in [7, 11) is 3.11. The molecular formula is C22H19Cl2N6O2+. The molecule has 0 bridgehead atoms. The second-order valence-corrected chi connectivity index (χ2v) is 8.65. The number of likely N-dealkylation sites (N-methyl/N-ethyl adjacent to an activating group) is 2. The average molecular weight is 470 g/mol. The third-order valence-electron chi connectivity index (χ3n) is 5.70. The number of carbonyl (C=O) groups excluding carboxylic acids is 2. The molecule has 3 heterocycles. The van der Waals surface area contributed by atoms with Gasteiger partial charge >= 0.3 is 12.0 Å². The fraction of sp³-hybridized carbons (Fsp3) is 0.227. The van der Waals surface area contributed by atoms with Crippen LogP contribution >= 0.6 is 23.2 Å². The highest BCUT2D eigenvalue weighted by molar-refractivity contribution is 6.31. The van der Waals surface area contributed by atoms with Crippen molar-refractivity contribution in [3.05, 3.63) is 69.7 Å². The molecular weight excluding hydrogens is 451 g/mol. The van der Waals surface area contributed by atoms with E-state index in [1.807, 2.05) is 41.0 Å². The number of hydrogen-bond donors (Lipinski definition) is 0. The number of rotatable bonds is 3. The first-order chi connectivity index (χ1) is 15.3. The van der Waals surface area contributed by atoms with Gasteiger partial charge < -0.3 is 0 Å². The second-order valence-electron chi connectivity index (χ2n) is 7.78. The van der Waals surface area contributed by atoms with Gasteiger partial charge in [0.2, 0.25) is 11.9 Å². The number of aliphatic imine (C=N–C) groups is 1. The Bertz CT molecular complexity index is 1240. The van der Waals surface area contributed by atoms with Crippen molar-refractivity contribution in [2.75, 3.05) is 20.6 Å². The number of fused-ring (bicyclic) bond motifs is 2. The van der Waals surface area contributed by atoms with E-state index < -0.39 is 12.1 Å². The zero-order valence-corrected chi connectivity index (χ0v) is 18.9. The molecule has 1 saturated heterocycles. The Balaban J connectivity index is 1.59.